The predicted molar refractivity (Wildman–Crippen MR) is 94.9 cm³/mol. The Kier molecular flexibility index (Phi) is 5.19. The topological polar surface area (TPSA) is 78.0 Å². The van der Waals surface area contributed by atoms with E-state index in [9.17, 15) is 9.90 Å². The van der Waals surface area contributed by atoms with Gasteiger partial charge in [-0.2, -0.15) is 0 Å². The largest absolute Gasteiger partial charge is 0.393 e. The Morgan fingerprint density at radius 3 is 3.00 bits per heavy atom. The van der Waals surface area contributed by atoms with Crippen molar-refractivity contribution in [1.29, 1.82) is 0 Å². The summed E-state index contributed by atoms with van der Waals surface area (Å²) in [5.74, 6) is 1.04. The third-order valence-electron chi connectivity index (χ3n) is 5.13. The summed E-state index contributed by atoms with van der Waals surface area (Å²) in [5.41, 5.74) is 4.60. The quantitative estimate of drug-likeness (QED) is 0.738. The molecule has 2 atom stereocenters. The molecule has 1 heterocycles. The second-order valence-corrected chi connectivity index (χ2v) is 7.00. The first-order valence-electron chi connectivity index (χ1n) is 8.95. The summed E-state index contributed by atoms with van der Waals surface area (Å²) in [5, 5.41) is 12.7. The van der Waals surface area contributed by atoms with E-state index in [0.717, 1.165) is 49.0 Å². The fourth-order valence-electron chi connectivity index (χ4n) is 3.50. The Hall–Kier alpha value is -1.88. The van der Waals surface area contributed by atoms with Crippen LogP contribution in [0.3, 0.4) is 0 Å². The van der Waals surface area contributed by atoms with Crippen molar-refractivity contribution < 1.29 is 9.90 Å². The molecule has 2 aromatic rings. The van der Waals surface area contributed by atoms with Gasteiger partial charge in [0.2, 0.25) is 5.91 Å². The highest BCUT2D eigenvalue weighted by molar-refractivity contribution is 5.80. The molecule has 5 heteroatoms. The summed E-state index contributed by atoms with van der Waals surface area (Å²) in [6, 6.07) is 4.18. The van der Waals surface area contributed by atoms with E-state index < -0.39 is 0 Å². The van der Waals surface area contributed by atoms with E-state index >= 15 is 0 Å². The number of amides is 1. The molecule has 1 aliphatic rings. The molecule has 1 fully saturated rings. The van der Waals surface area contributed by atoms with Crippen LogP contribution in [0.5, 0.6) is 0 Å². The zero-order valence-corrected chi connectivity index (χ0v) is 14.6. The van der Waals surface area contributed by atoms with Gasteiger partial charge in [0.25, 0.3) is 0 Å². The summed E-state index contributed by atoms with van der Waals surface area (Å²) in [6.07, 6.45) is 4.64. The number of carbonyl (C=O) groups is 1. The normalized spacial score (nSPS) is 21.1. The van der Waals surface area contributed by atoms with E-state index in [4.69, 9.17) is 0 Å². The van der Waals surface area contributed by atoms with Gasteiger partial charge in [-0.05, 0) is 56.7 Å². The molecule has 1 aromatic carbocycles. The Morgan fingerprint density at radius 1 is 1.38 bits per heavy atom. The Labute approximate surface area is 142 Å². The number of imidazole rings is 1. The smallest absolute Gasteiger partial charge is 0.223 e. The first kappa shape index (κ1) is 17.0. The molecule has 0 aliphatic heterocycles. The standard InChI is InChI=1S/C19H27N3O2/c1-12-8-9-16-18(13(12)2)22-17(21-16)7-4-10-20-19(24)14-5-3-6-15(23)11-14/h8-9,14-15,23H,3-7,10-11H2,1-2H3,(H,20,24)(H,21,22)/t14-,15-/m0/s1. The number of benzene rings is 1. The molecule has 1 aliphatic carbocycles. The molecule has 0 saturated heterocycles. The van der Waals surface area contributed by atoms with Gasteiger partial charge in [0.05, 0.1) is 17.1 Å². The van der Waals surface area contributed by atoms with Crippen molar-refractivity contribution in [2.75, 3.05) is 6.54 Å². The van der Waals surface area contributed by atoms with Crippen molar-refractivity contribution in [2.24, 2.45) is 5.92 Å². The lowest BCUT2D eigenvalue weighted by Crippen LogP contribution is -2.35. The molecule has 3 rings (SSSR count). The number of nitrogens with one attached hydrogen (secondary N) is 2. The summed E-state index contributed by atoms with van der Waals surface area (Å²) < 4.78 is 0. The Morgan fingerprint density at radius 2 is 2.21 bits per heavy atom. The summed E-state index contributed by atoms with van der Waals surface area (Å²) >= 11 is 0. The van der Waals surface area contributed by atoms with Crippen molar-refractivity contribution in [3.05, 3.63) is 29.1 Å². The monoisotopic (exact) mass is 329 g/mol. The fraction of sp³-hybridized carbons (Fsp3) is 0.579. The van der Waals surface area contributed by atoms with Crippen molar-refractivity contribution in [3.63, 3.8) is 0 Å². The van der Waals surface area contributed by atoms with Crippen LogP contribution >= 0.6 is 0 Å². The van der Waals surface area contributed by atoms with E-state index in [-0.39, 0.29) is 17.9 Å². The van der Waals surface area contributed by atoms with Crippen molar-refractivity contribution in [2.45, 2.75) is 58.5 Å². The number of rotatable bonds is 5. The highest BCUT2D eigenvalue weighted by Gasteiger charge is 2.25. The lowest BCUT2D eigenvalue weighted by molar-refractivity contribution is -0.127. The minimum atomic E-state index is -0.309. The highest BCUT2D eigenvalue weighted by atomic mass is 16.3. The fourth-order valence-corrected chi connectivity index (χ4v) is 3.50. The maximum atomic E-state index is 12.1. The van der Waals surface area contributed by atoms with Crippen molar-refractivity contribution >= 4 is 16.9 Å². The molecule has 1 saturated carbocycles. The number of hydrogen-bond acceptors (Lipinski definition) is 3. The first-order valence-corrected chi connectivity index (χ1v) is 8.95. The van der Waals surface area contributed by atoms with Gasteiger partial charge in [-0.1, -0.05) is 12.5 Å². The molecule has 130 valence electrons. The van der Waals surface area contributed by atoms with Crippen LogP contribution in [0.4, 0.5) is 0 Å². The molecular weight excluding hydrogens is 302 g/mol. The van der Waals surface area contributed by atoms with Crippen molar-refractivity contribution in [3.8, 4) is 0 Å². The number of fused-ring (bicyclic) bond motifs is 1. The van der Waals surface area contributed by atoms with Gasteiger partial charge in [0.15, 0.2) is 0 Å². The molecule has 0 radical (unpaired) electrons. The molecule has 0 spiro atoms. The van der Waals surface area contributed by atoms with E-state index in [0.29, 0.717) is 13.0 Å². The zero-order valence-electron chi connectivity index (χ0n) is 14.6. The molecule has 24 heavy (non-hydrogen) atoms. The van der Waals surface area contributed by atoms with E-state index in [1.165, 1.54) is 11.1 Å². The van der Waals surface area contributed by atoms with Gasteiger partial charge in [0, 0.05) is 18.9 Å². The first-order chi connectivity index (χ1) is 11.5. The van der Waals surface area contributed by atoms with Crippen LogP contribution in [-0.2, 0) is 11.2 Å². The van der Waals surface area contributed by atoms with Crippen molar-refractivity contribution in [1.82, 2.24) is 15.3 Å². The molecule has 1 amide bonds. The molecule has 0 unspecified atom stereocenters. The number of aliphatic hydroxyl groups is 1. The molecule has 5 nitrogen and oxygen atoms in total. The second-order valence-electron chi connectivity index (χ2n) is 7.00. The average molecular weight is 329 g/mol. The summed E-state index contributed by atoms with van der Waals surface area (Å²) in [7, 11) is 0. The van der Waals surface area contributed by atoms with Gasteiger partial charge in [-0.15, -0.1) is 0 Å². The summed E-state index contributed by atoms with van der Waals surface area (Å²) in [4.78, 5) is 20.2. The van der Waals surface area contributed by atoms with Gasteiger partial charge in [-0.3, -0.25) is 4.79 Å². The van der Waals surface area contributed by atoms with Crippen LogP contribution < -0.4 is 5.32 Å². The van der Waals surface area contributed by atoms with Crippen LogP contribution in [0, 0.1) is 19.8 Å². The molecule has 3 N–H and O–H groups in total. The third-order valence-corrected chi connectivity index (χ3v) is 5.13. The van der Waals surface area contributed by atoms with Crippen LogP contribution in [0.15, 0.2) is 12.1 Å². The number of aryl methyl sites for hydroxylation is 3. The van der Waals surface area contributed by atoms with E-state index in [1.54, 1.807) is 0 Å². The highest BCUT2D eigenvalue weighted by Crippen LogP contribution is 2.24. The number of nitrogens with zero attached hydrogens (tertiary/aromatic N) is 1. The van der Waals surface area contributed by atoms with Gasteiger partial charge in [0.1, 0.15) is 5.82 Å². The van der Waals surface area contributed by atoms with Gasteiger partial charge >= 0.3 is 0 Å². The molecular formula is C19H27N3O2. The minimum absolute atomic E-state index is 0.0226. The number of H-pyrrole nitrogens is 1. The zero-order chi connectivity index (χ0) is 17.1. The molecule has 0 bridgehead atoms. The SMILES string of the molecule is Cc1ccc2[nH]c(CCCNC(=O)[C@H]3CCC[C@H](O)C3)nc2c1C. The van der Waals surface area contributed by atoms with Crippen LogP contribution in [0.2, 0.25) is 0 Å². The van der Waals surface area contributed by atoms with Crippen LogP contribution in [0.1, 0.15) is 49.1 Å². The second kappa shape index (κ2) is 7.34. The minimum Gasteiger partial charge on any atom is -0.393 e. The lowest BCUT2D eigenvalue weighted by atomic mass is 9.87. The number of hydrogen-bond donors (Lipinski definition) is 3. The maximum Gasteiger partial charge on any atom is 0.223 e. The van der Waals surface area contributed by atoms with E-state index in [1.807, 2.05) is 0 Å². The maximum absolute atomic E-state index is 12.1. The number of aliphatic hydroxyl groups excluding tert-OH is 1. The van der Waals surface area contributed by atoms with Crippen LogP contribution in [-0.4, -0.2) is 33.6 Å². The average Bonchev–Trinajstić information content (AvgIpc) is 2.99. The van der Waals surface area contributed by atoms with Gasteiger partial charge < -0.3 is 15.4 Å². The third kappa shape index (κ3) is 3.78. The molecule has 1 aromatic heterocycles. The number of aromatic amines is 1. The Balaban J connectivity index is 1.48. The Bertz CT molecular complexity index is 723. The van der Waals surface area contributed by atoms with Crippen LogP contribution in [0.25, 0.3) is 11.0 Å². The number of aromatic nitrogens is 2. The predicted octanol–water partition coefficient (Wildman–Crippen LogP) is 2.78. The number of carbonyl (C=O) groups excluding carboxylic acids is 1. The lowest BCUT2D eigenvalue weighted by Gasteiger charge is -2.24. The van der Waals surface area contributed by atoms with Gasteiger partial charge in [-0.25, -0.2) is 4.98 Å². The summed E-state index contributed by atoms with van der Waals surface area (Å²) in [6.45, 7) is 4.85. The van der Waals surface area contributed by atoms with E-state index in [2.05, 4.69) is 41.3 Å².